The van der Waals surface area contributed by atoms with Crippen LogP contribution in [0.25, 0.3) is 0 Å². The third kappa shape index (κ3) is 2.05. The zero-order chi connectivity index (χ0) is 11.5. The van der Waals surface area contributed by atoms with Crippen molar-refractivity contribution in [3.05, 3.63) is 23.8 Å². The maximum atomic E-state index is 11.2. The van der Waals surface area contributed by atoms with Crippen LogP contribution in [-0.4, -0.2) is 25.8 Å². The van der Waals surface area contributed by atoms with Crippen molar-refractivity contribution in [3.8, 4) is 0 Å². The van der Waals surface area contributed by atoms with Gasteiger partial charge in [-0.25, -0.2) is 0 Å². The molecule has 0 radical (unpaired) electrons. The Bertz CT molecular complexity index is 429. The van der Waals surface area contributed by atoms with Crippen molar-refractivity contribution in [1.82, 2.24) is 0 Å². The van der Waals surface area contributed by atoms with Gasteiger partial charge in [-0.05, 0) is 30.2 Å². The highest BCUT2D eigenvalue weighted by molar-refractivity contribution is 5.94. The van der Waals surface area contributed by atoms with Gasteiger partial charge in [0.2, 0.25) is 5.91 Å². The van der Waals surface area contributed by atoms with Gasteiger partial charge >= 0.3 is 0 Å². The Morgan fingerprint density at radius 2 is 2.25 bits per heavy atom. The molecule has 0 aliphatic carbocycles. The number of carbonyl (C=O) groups is 2. The molecule has 1 aliphatic heterocycles. The SMILES string of the molecule is CN(CC=O)c1ccc2c(c1)CCC(=O)N2. The normalized spacial score (nSPS) is 13.9. The number of nitrogens with one attached hydrogen (secondary N) is 1. The van der Waals surface area contributed by atoms with Crippen LogP contribution in [0.4, 0.5) is 11.4 Å². The fraction of sp³-hybridized carbons (Fsp3) is 0.333. The zero-order valence-corrected chi connectivity index (χ0v) is 9.19. The molecular weight excluding hydrogens is 204 g/mol. The summed E-state index contributed by atoms with van der Waals surface area (Å²) in [5.74, 6) is 0.0708. The van der Waals surface area contributed by atoms with Gasteiger partial charge in [-0.3, -0.25) is 4.79 Å². The van der Waals surface area contributed by atoms with E-state index in [4.69, 9.17) is 0 Å². The second kappa shape index (κ2) is 4.35. The average Bonchev–Trinajstić information content (AvgIpc) is 2.28. The van der Waals surface area contributed by atoms with Gasteiger partial charge in [-0.1, -0.05) is 0 Å². The summed E-state index contributed by atoms with van der Waals surface area (Å²) in [4.78, 5) is 23.5. The second-order valence-corrected chi connectivity index (χ2v) is 3.94. The van der Waals surface area contributed by atoms with E-state index in [1.54, 1.807) is 0 Å². The van der Waals surface area contributed by atoms with Gasteiger partial charge in [-0.15, -0.1) is 0 Å². The molecule has 1 aromatic rings. The van der Waals surface area contributed by atoms with Crippen molar-refractivity contribution < 1.29 is 9.59 Å². The number of aldehydes is 1. The molecule has 0 unspecified atom stereocenters. The van der Waals surface area contributed by atoms with Gasteiger partial charge in [-0.2, -0.15) is 0 Å². The van der Waals surface area contributed by atoms with Crippen molar-refractivity contribution in [2.45, 2.75) is 12.8 Å². The molecule has 84 valence electrons. The molecule has 0 bridgehead atoms. The summed E-state index contributed by atoms with van der Waals surface area (Å²) in [6.45, 7) is 0.380. The van der Waals surface area contributed by atoms with Crippen LogP contribution in [-0.2, 0) is 16.0 Å². The second-order valence-electron chi connectivity index (χ2n) is 3.94. The quantitative estimate of drug-likeness (QED) is 0.776. The van der Waals surface area contributed by atoms with Gasteiger partial charge in [0.05, 0.1) is 6.54 Å². The van der Waals surface area contributed by atoms with E-state index in [0.717, 1.165) is 29.6 Å². The van der Waals surface area contributed by atoms with Gasteiger partial charge in [0.25, 0.3) is 0 Å². The van der Waals surface area contributed by atoms with Crippen molar-refractivity contribution in [3.63, 3.8) is 0 Å². The summed E-state index contributed by atoms with van der Waals surface area (Å²) in [5, 5.41) is 2.83. The molecule has 0 saturated heterocycles. The van der Waals surface area contributed by atoms with Crippen LogP contribution in [0.5, 0.6) is 0 Å². The standard InChI is InChI=1S/C12H14N2O2/c1-14(6-7-15)10-3-4-11-9(8-10)2-5-12(16)13-11/h3-4,7-8H,2,5-6H2,1H3,(H,13,16). The first kappa shape index (κ1) is 10.7. The number of fused-ring (bicyclic) bond motifs is 1. The lowest BCUT2D eigenvalue weighted by molar-refractivity contribution is -0.116. The molecule has 1 N–H and O–H groups in total. The fourth-order valence-electron chi connectivity index (χ4n) is 1.82. The summed E-state index contributed by atoms with van der Waals surface area (Å²) in [5.41, 5.74) is 3.02. The van der Waals surface area contributed by atoms with Gasteiger partial charge in [0, 0.05) is 24.8 Å². The van der Waals surface area contributed by atoms with E-state index in [-0.39, 0.29) is 5.91 Å². The number of rotatable bonds is 3. The Labute approximate surface area is 94.2 Å². The van der Waals surface area contributed by atoms with Crippen LogP contribution < -0.4 is 10.2 Å². The Kier molecular flexibility index (Phi) is 2.90. The lowest BCUT2D eigenvalue weighted by Gasteiger charge is -2.21. The summed E-state index contributed by atoms with van der Waals surface area (Å²) < 4.78 is 0. The third-order valence-electron chi connectivity index (χ3n) is 2.77. The molecule has 1 amide bonds. The highest BCUT2D eigenvalue weighted by Crippen LogP contribution is 2.26. The molecule has 1 aliphatic rings. The number of amides is 1. The molecular formula is C12H14N2O2. The smallest absolute Gasteiger partial charge is 0.224 e. The topological polar surface area (TPSA) is 49.4 Å². The number of hydrogen-bond acceptors (Lipinski definition) is 3. The predicted octanol–water partition coefficient (Wildman–Crippen LogP) is 1.21. The minimum atomic E-state index is 0.0708. The minimum Gasteiger partial charge on any atom is -0.368 e. The Hall–Kier alpha value is -1.84. The number of aryl methyl sites for hydroxylation is 1. The van der Waals surface area contributed by atoms with Crippen molar-refractivity contribution >= 4 is 23.6 Å². The summed E-state index contributed by atoms with van der Waals surface area (Å²) in [6.07, 6.45) is 2.18. The minimum absolute atomic E-state index is 0.0708. The molecule has 4 heteroatoms. The zero-order valence-electron chi connectivity index (χ0n) is 9.19. The number of nitrogens with zero attached hydrogens (tertiary/aromatic N) is 1. The van der Waals surface area contributed by atoms with E-state index in [2.05, 4.69) is 5.32 Å². The van der Waals surface area contributed by atoms with E-state index in [0.29, 0.717) is 13.0 Å². The first-order valence-electron chi connectivity index (χ1n) is 5.28. The van der Waals surface area contributed by atoms with Crippen molar-refractivity contribution in [2.24, 2.45) is 0 Å². The number of likely N-dealkylation sites (N-methyl/N-ethyl adjacent to an activating group) is 1. The van der Waals surface area contributed by atoms with Crippen LogP contribution in [0.15, 0.2) is 18.2 Å². The van der Waals surface area contributed by atoms with Gasteiger partial charge < -0.3 is 15.0 Å². The summed E-state index contributed by atoms with van der Waals surface area (Å²) >= 11 is 0. The molecule has 0 spiro atoms. The Balaban J connectivity index is 2.25. The maximum absolute atomic E-state index is 11.2. The Morgan fingerprint density at radius 1 is 1.44 bits per heavy atom. The highest BCUT2D eigenvalue weighted by atomic mass is 16.1. The van der Waals surface area contributed by atoms with E-state index in [9.17, 15) is 9.59 Å². The van der Waals surface area contributed by atoms with Crippen LogP contribution in [0, 0.1) is 0 Å². The highest BCUT2D eigenvalue weighted by Gasteiger charge is 2.15. The van der Waals surface area contributed by atoms with Crippen LogP contribution in [0.1, 0.15) is 12.0 Å². The molecule has 1 aromatic carbocycles. The molecule has 1 heterocycles. The molecule has 2 rings (SSSR count). The van der Waals surface area contributed by atoms with Gasteiger partial charge in [0.15, 0.2) is 0 Å². The fourth-order valence-corrected chi connectivity index (χ4v) is 1.82. The first-order valence-corrected chi connectivity index (χ1v) is 5.28. The predicted molar refractivity (Wildman–Crippen MR) is 62.7 cm³/mol. The molecule has 0 saturated carbocycles. The third-order valence-corrected chi connectivity index (χ3v) is 2.77. The number of benzene rings is 1. The average molecular weight is 218 g/mol. The molecule has 0 atom stereocenters. The monoisotopic (exact) mass is 218 g/mol. The van der Waals surface area contributed by atoms with Crippen LogP contribution in [0.3, 0.4) is 0 Å². The molecule has 4 nitrogen and oxygen atoms in total. The summed E-state index contributed by atoms with van der Waals surface area (Å²) in [7, 11) is 1.87. The largest absolute Gasteiger partial charge is 0.368 e. The first-order chi connectivity index (χ1) is 7.70. The summed E-state index contributed by atoms with van der Waals surface area (Å²) in [6, 6.07) is 5.83. The van der Waals surface area contributed by atoms with Crippen molar-refractivity contribution in [2.75, 3.05) is 23.8 Å². The molecule has 0 aromatic heterocycles. The van der Waals surface area contributed by atoms with Gasteiger partial charge in [0.1, 0.15) is 6.29 Å². The lowest BCUT2D eigenvalue weighted by atomic mass is 10.0. The van der Waals surface area contributed by atoms with E-state index >= 15 is 0 Å². The van der Waals surface area contributed by atoms with E-state index < -0.39 is 0 Å². The molecule has 0 fully saturated rings. The Morgan fingerprint density at radius 3 is 3.00 bits per heavy atom. The number of anilines is 2. The number of carbonyl (C=O) groups excluding carboxylic acids is 2. The van der Waals surface area contributed by atoms with E-state index in [1.807, 2.05) is 30.1 Å². The maximum Gasteiger partial charge on any atom is 0.224 e. The van der Waals surface area contributed by atoms with Crippen molar-refractivity contribution in [1.29, 1.82) is 0 Å². The van der Waals surface area contributed by atoms with Crippen LogP contribution >= 0.6 is 0 Å². The van der Waals surface area contributed by atoms with Crippen LogP contribution in [0.2, 0.25) is 0 Å². The van der Waals surface area contributed by atoms with E-state index in [1.165, 1.54) is 0 Å². The molecule has 16 heavy (non-hydrogen) atoms. The number of hydrogen-bond donors (Lipinski definition) is 1. The lowest BCUT2D eigenvalue weighted by Crippen LogP contribution is -2.22.